The average Bonchev–Trinajstić information content (AvgIpc) is 3.09. The quantitative estimate of drug-likeness (QED) is 0.844. The molecule has 0 aliphatic carbocycles. The Kier molecular flexibility index (Phi) is 6.15. The van der Waals surface area contributed by atoms with Crippen LogP contribution in [0.2, 0.25) is 0 Å². The number of nitrogens with one attached hydrogen (secondary N) is 1. The number of carbonyl (C=O) groups is 3. The number of nitrogens with zero attached hydrogens (tertiary/aromatic N) is 2. The Hall–Kier alpha value is -2.57. The third-order valence-electron chi connectivity index (χ3n) is 5.33. The summed E-state index contributed by atoms with van der Waals surface area (Å²) < 4.78 is 5.30. The third kappa shape index (κ3) is 5.08. The highest BCUT2D eigenvalue weighted by Crippen LogP contribution is 2.30. The average molecular weight is 402 g/mol. The molecular formula is C22H31N3O4. The lowest BCUT2D eigenvalue weighted by atomic mass is 10.0. The van der Waals surface area contributed by atoms with Crippen LogP contribution in [0.4, 0.5) is 10.5 Å². The predicted molar refractivity (Wildman–Crippen MR) is 111 cm³/mol. The van der Waals surface area contributed by atoms with Gasteiger partial charge in [-0.3, -0.25) is 9.59 Å². The number of carbonyl (C=O) groups excluding carboxylic acids is 3. The van der Waals surface area contributed by atoms with E-state index in [-0.39, 0.29) is 17.9 Å². The molecule has 3 amide bonds. The fourth-order valence-electron chi connectivity index (χ4n) is 3.87. The molecule has 0 bridgehead atoms. The summed E-state index contributed by atoms with van der Waals surface area (Å²) in [6.07, 6.45) is 2.26. The summed E-state index contributed by atoms with van der Waals surface area (Å²) in [5.74, 6) is 0.117. The summed E-state index contributed by atoms with van der Waals surface area (Å²) in [6.45, 7) is 9.24. The standard InChI is InChI=1S/C22H31N3O4/c1-5-19(26)25-13-8-15-14-16(6-7-18(15)25)20(27)24-11-9-17(10-12-24)23-21(28)29-22(2,3)4/h6-7,14,17H,5,8-13H2,1-4H3,(H,23,28). The van der Waals surface area contributed by atoms with E-state index < -0.39 is 11.7 Å². The monoisotopic (exact) mass is 401 g/mol. The lowest BCUT2D eigenvalue weighted by Gasteiger charge is -2.33. The zero-order valence-corrected chi connectivity index (χ0v) is 17.8. The van der Waals surface area contributed by atoms with Crippen LogP contribution in [0, 0.1) is 0 Å². The SMILES string of the molecule is CCC(=O)N1CCc2cc(C(=O)N3CCC(NC(=O)OC(C)(C)C)CC3)ccc21. The van der Waals surface area contributed by atoms with Crippen LogP contribution in [0.15, 0.2) is 18.2 Å². The minimum atomic E-state index is -0.522. The van der Waals surface area contributed by atoms with E-state index in [1.54, 1.807) is 4.90 Å². The van der Waals surface area contributed by atoms with E-state index >= 15 is 0 Å². The lowest BCUT2D eigenvalue weighted by Crippen LogP contribution is -2.47. The van der Waals surface area contributed by atoms with Gasteiger partial charge in [-0.05, 0) is 63.8 Å². The highest BCUT2D eigenvalue weighted by Gasteiger charge is 2.28. The molecule has 1 N–H and O–H groups in total. The van der Waals surface area contributed by atoms with Gasteiger partial charge in [-0.2, -0.15) is 0 Å². The number of hydrogen-bond acceptors (Lipinski definition) is 4. The summed E-state index contributed by atoms with van der Waals surface area (Å²) in [5, 5.41) is 2.89. The van der Waals surface area contributed by atoms with E-state index in [4.69, 9.17) is 4.74 Å². The third-order valence-corrected chi connectivity index (χ3v) is 5.33. The van der Waals surface area contributed by atoms with Gasteiger partial charge in [0.05, 0.1) is 0 Å². The number of ether oxygens (including phenoxy) is 1. The number of anilines is 1. The van der Waals surface area contributed by atoms with Gasteiger partial charge in [0.25, 0.3) is 5.91 Å². The maximum Gasteiger partial charge on any atom is 0.407 e. The Labute approximate surface area is 172 Å². The number of fused-ring (bicyclic) bond motifs is 1. The molecule has 0 atom stereocenters. The van der Waals surface area contributed by atoms with Gasteiger partial charge < -0.3 is 19.9 Å². The Morgan fingerprint density at radius 3 is 2.45 bits per heavy atom. The molecule has 1 saturated heterocycles. The van der Waals surface area contributed by atoms with Crippen molar-refractivity contribution < 1.29 is 19.1 Å². The summed E-state index contributed by atoms with van der Waals surface area (Å²) in [7, 11) is 0. The van der Waals surface area contributed by atoms with Gasteiger partial charge in [-0.1, -0.05) is 6.92 Å². The van der Waals surface area contributed by atoms with Gasteiger partial charge in [-0.15, -0.1) is 0 Å². The molecular weight excluding hydrogens is 370 g/mol. The number of likely N-dealkylation sites (tertiary alicyclic amines) is 1. The van der Waals surface area contributed by atoms with Gasteiger partial charge in [0.15, 0.2) is 0 Å². The molecule has 29 heavy (non-hydrogen) atoms. The van der Waals surface area contributed by atoms with E-state index in [0.29, 0.717) is 44.5 Å². The molecule has 0 saturated carbocycles. The smallest absolute Gasteiger partial charge is 0.407 e. The van der Waals surface area contributed by atoms with Gasteiger partial charge >= 0.3 is 6.09 Å². The number of hydrogen-bond donors (Lipinski definition) is 1. The van der Waals surface area contributed by atoms with Crippen molar-refractivity contribution in [2.24, 2.45) is 0 Å². The Bertz CT molecular complexity index is 792. The van der Waals surface area contributed by atoms with E-state index in [2.05, 4.69) is 5.32 Å². The van der Waals surface area contributed by atoms with Crippen LogP contribution in [0.25, 0.3) is 0 Å². The van der Waals surface area contributed by atoms with Crippen molar-refractivity contribution in [2.45, 2.75) is 65.0 Å². The molecule has 1 fully saturated rings. The van der Waals surface area contributed by atoms with Crippen LogP contribution < -0.4 is 10.2 Å². The first-order valence-electron chi connectivity index (χ1n) is 10.4. The van der Waals surface area contributed by atoms with Crippen LogP contribution in [0.5, 0.6) is 0 Å². The fourth-order valence-corrected chi connectivity index (χ4v) is 3.87. The first-order chi connectivity index (χ1) is 13.7. The minimum Gasteiger partial charge on any atom is -0.444 e. The Balaban J connectivity index is 1.56. The van der Waals surface area contributed by atoms with Crippen molar-refractivity contribution in [2.75, 3.05) is 24.5 Å². The van der Waals surface area contributed by atoms with Gasteiger partial charge in [0.1, 0.15) is 5.60 Å². The fraction of sp³-hybridized carbons (Fsp3) is 0.591. The van der Waals surface area contributed by atoms with Crippen molar-refractivity contribution >= 4 is 23.6 Å². The lowest BCUT2D eigenvalue weighted by molar-refractivity contribution is -0.118. The highest BCUT2D eigenvalue weighted by atomic mass is 16.6. The summed E-state index contributed by atoms with van der Waals surface area (Å²) >= 11 is 0. The number of alkyl carbamates (subject to hydrolysis) is 1. The maximum atomic E-state index is 12.9. The van der Waals surface area contributed by atoms with Crippen molar-refractivity contribution in [3.05, 3.63) is 29.3 Å². The molecule has 158 valence electrons. The van der Waals surface area contributed by atoms with Crippen molar-refractivity contribution in [1.29, 1.82) is 0 Å². The van der Waals surface area contributed by atoms with E-state index in [1.807, 2.05) is 50.8 Å². The molecule has 1 aromatic rings. The number of rotatable bonds is 3. The largest absolute Gasteiger partial charge is 0.444 e. The zero-order valence-electron chi connectivity index (χ0n) is 17.8. The number of amides is 3. The molecule has 0 radical (unpaired) electrons. The molecule has 2 heterocycles. The molecule has 7 heteroatoms. The second-order valence-electron chi connectivity index (χ2n) is 8.71. The number of benzene rings is 1. The van der Waals surface area contributed by atoms with Gasteiger partial charge in [0, 0.05) is 43.3 Å². The van der Waals surface area contributed by atoms with Crippen LogP contribution in [-0.4, -0.2) is 54.1 Å². The molecule has 0 spiro atoms. The second-order valence-corrected chi connectivity index (χ2v) is 8.71. The first-order valence-corrected chi connectivity index (χ1v) is 10.4. The van der Waals surface area contributed by atoms with E-state index in [1.165, 1.54) is 0 Å². The molecule has 0 aromatic heterocycles. The molecule has 1 aromatic carbocycles. The minimum absolute atomic E-state index is 0.00351. The summed E-state index contributed by atoms with van der Waals surface area (Å²) in [4.78, 5) is 40.5. The topological polar surface area (TPSA) is 79.0 Å². The van der Waals surface area contributed by atoms with Crippen LogP contribution >= 0.6 is 0 Å². The second kappa shape index (κ2) is 8.43. The predicted octanol–water partition coefficient (Wildman–Crippen LogP) is 3.12. The normalized spacial score (nSPS) is 17.1. The van der Waals surface area contributed by atoms with Gasteiger partial charge in [-0.25, -0.2) is 4.79 Å². The first kappa shape index (κ1) is 21.1. The Morgan fingerprint density at radius 1 is 1.14 bits per heavy atom. The Morgan fingerprint density at radius 2 is 1.83 bits per heavy atom. The van der Waals surface area contributed by atoms with Crippen LogP contribution in [0.1, 0.15) is 62.9 Å². The van der Waals surface area contributed by atoms with E-state index in [9.17, 15) is 14.4 Å². The molecule has 3 rings (SSSR count). The van der Waals surface area contributed by atoms with Crippen LogP contribution in [0.3, 0.4) is 0 Å². The highest BCUT2D eigenvalue weighted by molar-refractivity contribution is 5.98. The van der Waals surface area contributed by atoms with Gasteiger partial charge in [0.2, 0.25) is 5.91 Å². The molecule has 0 unspecified atom stereocenters. The van der Waals surface area contributed by atoms with Crippen molar-refractivity contribution in [1.82, 2.24) is 10.2 Å². The maximum absolute atomic E-state index is 12.9. The molecule has 7 nitrogen and oxygen atoms in total. The molecule has 2 aliphatic heterocycles. The van der Waals surface area contributed by atoms with Crippen molar-refractivity contribution in [3.63, 3.8) is 0 Å². The zero-order chi connectivity index (χ0) is 21.2. The van der Waals surface area contributed by atoms with Crippen LogP contribution in [-0.2, 0) is 16.0 Å². The molecule has 2 aliphatic rings. The van der Waals surface area contributed by atoms with Crippen molar-refractivity contribution in [3.8, 4) is 0 Å². The summed E-state index contributed by atoms with van der Waals surface area (Å²) in [6, 6.07) is 5.64. The summed E-state index contributed by atoms with van der Waals surface area (Å²) in [5.41, 5.74) is 2.12. The van der Waals surface area contributed by atoms with E-state index in [0.717, 1.165) is 17.7 Å². The number of piperidine rings is 1.